The summed E-state index contributed by atoms with van der Waals surface area (Å²) in [5.41, 5.74) is 7.73. The van der Waals surface area contributed by atoms with Crippen LogP contribution in [0.3, 0.4) is 0 Å². The Morgan fingerprint density at radius 1 is 1.47 bits per heavy atom. The van der Waals surface area contributed by atoms with Crippen LogP contribution in [0.2, 0.25) is 0 Å². The average Bonchev–Trinajstić information content (AvgIpc) is 2.78. The summed E-state index contributed by atoms with van der Waals surface area (Å²) in [6, 6.07) is 3.65. The fourth-order valence-corrected chi connectivity index (χ4v) is 1.58. The molecule has 2 N–H and O–H groups in total. The van der Waals surface area contributed by atoms with Gasteiger partial charge in [-0.1, -0.05) is 18.5 Å². The first-order chi connectivity index (χ1) is 8.20. The lowest BCUT2D eigenvalue weighted by Crippen LogP contribution is -2.09. The van der Waals surface area contributed by atoms with Crippen molar-refractivity contribution >= 4 is 0 Å². The molecular formula is C12H16N4O. The van der Waals surface area contributed by atoms with Gasteiger partial charge in [-0.15, -0.1) is 0 Å². The SMILES string of the molecule is CCC[C@@H](N)c1nc(-c2cc(C)ccn2)no1. The van der Waals surface area contributed by atoms with Crippen molar-refractivity contribution in [2.45, 2.75) is 32.7 Å². The van der Waals surface area contributed by atoms with E-state index in [1.54, 1.807) is 6.20 Å². The highest BCUT2D eigenvalue weighted by Gasteiger charge is 2.15. The fraction of sp³-hybridized carbons (Fsp3) is 0.417. The number of nitrogens with zero attached hydrogens (tertiary/aromatic N) is 3. The van der Waals surface area contributed by atoms with Gasteiger partial charge in [0, 0.05) is 6.20 Å². The van der Waals surface area contributed by atoms with Crippen molar-refractivity contribution in [1.82, 2.24) is 15.1 Å². The van der Waals surface area contributed by atoms with Gasteiger partial charge in [0.2, 0.25) is 11.7 Å². The molecule has 17 heavy (non-hydrogen) atoms. The number of aryl methyl sites for hydroxylation is 1. The smallest absolute Gasteiger partial charge is 0.243 e. The summed E-state index contributed by atoms with van der Waals surface area (Å²) in [7, 11) is 0. The van der Waals surface area contributed by atoms with Gasteiger partial charge in [0.05, 0.1) is 6.04 Å². The Bertz CT molecular complexity index is 495. The molecule has 0 unspecified atom stereocenters. The Morgan fingerprint density at radius 2 is 2.29 bits per heavy atom. The van der Waals surface area contributed by atoms with E-state index in [0.29, 0.717) is 17.4 Å². The molecule has 0 radical (unpaired) electrons. The molecule has 2 aromatic rings. The molecule has 2 rings (SSSR count). The van der Waals surface area contributed by atoms with Crippen LogP contribution in [-0.2, 0) is 0 Å². The van der Waals surface area contributed by atoms with E-state index >= 15 is 0 Å². The number of rotatable bonds is 4. The van der Waals surface area contributed by atoms with Crippen LogP contribution in [0.25, 0.3) is 11.5 Å². The van der Waals surface area contributed by atoms with Crippen molar-refractivity contribution in [3.8, 4) is 11.5 Å². The third-order valence-electron chi connectivity index (χ3n) is 2.50. The minimum Gasteiger partial charge on any atom is -0.337 e. The van der Waals surface area contributed by atoms with Gasteiger partial charge in [0.1, 0.15) is 5.69 Å². The Kier molecular flexibility index (Phi) is 3.49. The second-order valence-electron chi connectivity index (χ2n) is 4.07. The zero-order valence-electron chi connectivity index (χ0n) is 10.1. The molecule has 0 aliphatic heterocycles. The van der Waals surface area contributed by atoms with Crippen molar-refractivity contribution in [3.63, 3.8) is 0 Å². The van der Waals surface area contributed by atoms with Crippen molar-refractivity contribution in [2.75, 3.05) is 0 Å². The Balaban J connectivity index is 2.23. The van der Waals surface area contributed by atoms with Crippen LogP contribution in [-0.4, -0.2) is 15.1 Å². The lowest BCUT2D eigenvalue weighted by atomic mass is 10.2. The molecular weight excluding hydrogens is 216 g/mol. The van der Waals surface area contributed by atoms with Crippen LogP contribution in [0.4, 0.5) is 0 Å². The normalized spacial score (nSPS) is 12.6. The van der Waals surface area contributed by atoms with Crippen LogP contribution < -0.4 is 5.73 Å². The molecule has 2 aromatic heterocycles. The molecule has 0 spiro atoms. The maximum absolute atomic E-state index is 5.91. The molecule has 0 amide bonds. The van der Waals surface area contributed by atoms with Crippen LogP contribution >= 0.6 is 0 Å². The molecule has 2 heterocycles. The first-order valence-electron chi connectivity index (χ1n) is 5.73. The molecule has 0 saturated carbocycles. The van der Waals surface area contributed by atoms with Gasteiger partial charge in [0.15, 0.2) is 0 Å². The van der Waals surface area contributed by atoms with Gasteiger partial charge in [0.25, 0.3) is 0 Å². The Hall–Kier alpha value is -1.75. The van der Waals surface area contributed by atoms with Gasteiger partial charge in [-0.05, 0) is 31.0 Å². The van der Waals surface area contributed by atoms with E-state index in [9.17, 15) is 0 Å². The van der Waals surface area contributed by atoms with E-state index in [1.807, 2.05) is 19.1 Å². The summed E-state index contributed by atoms with van der Waals surface area (Å²) in [5, 5.41) is 3.90. The van der Waals surface area contributed by atoms with Gasteiger partial charge in [-0.2, -0.15) is 4.98 Å². The largest absolute Gasteiger partial charge is 0.337 e. The van der Waals surface area contributed by atoms with E-state index in [2.05, 4.69) is 22.0 Å². The van der Waals surface area contributed by atoms with Gasteiger partial charge in [-0.3, -0.25) is 4.98 Å². The van der Waals surface area contributed by atoms with Crippen LogP contribution in [0.15, 0.2) is 22.9 Å². The van der Waals surface area contributed by atoms with E-state index < -0.39 is 0 Å². The quantitative estimate of drug-likeness (QED) is 0.874. The van der Waals surface area contributed by atoms with Crippen molar-refractivity contribution in [1.29, 1.82) is 0 Å². The third kappa shape index (κ3) is 2.68. The minimum absolute atomic E-state index is 0.189. The summed E-state index contributed by atoms with van der Waals surface area (Å²) in [5.74, 6) is 0.973. The van der Waals surface area contributed by atoms with Crippen molar-refractivity contribution < 1.29 is 4.52 Å². The topological polar surface area (TPSA) is 77.8 Å². The minimum atomic E-state index is -0.189. The molecule has 0 aliphatic carbocycles. The summed E-state index contributed by atoms with van der Waals surface area (Å²) in [6.07, 6.45) is 3.55. The van der Waals surface area contributed by atoms with Gasteiger partial charge >= 0.3 is 0 Å². The average molecular weight is 232 g/mol. The predicted octanol–water partition coefficient (Wildman–Crippen LogP) is 2.24. The summed E-state index contributed by atoms with van der Waals surface area (Å²) in [6.45, 7) is 4.06. The number of nitrogens with two attached hydrogens (primary N) is 1. The van der Waals surface area contributed by atoms with Crippen LogP contribution in [0.5, 0.6) is 0 Å². The maximum atomic E-state index is 5.91. The lowest BCUT2D eigenvalue weighted by Gasteiger charge is -2.02. The molecule has 90 valence electrons. The summed E-state index contributed by atoms with van der Waals surface area (Å²) >= 11 is 0. The van der Waals surface area contributed by atoms with E-state index in [0.717, 1.165) is 18.4 Å². The Labute approximate surface area is 100 Å². The predicted molar refractivity (Wildman–Crippen MR) is 64.1 cm³/mol. The van der Waals surface area contributed by atoms with E-state index in [1.165, 1.54) is 0 Å². The molecule has 0 bridgehead atoms. The molecule has 0 aromatic carbocycles. The standard InChI is InChI=1S/C12H16N4O/c1-3-4-9(13)12-15-11(16-17-12)10-7-8(2)5-6-14-10/h5-7,9H,3-4,13H2,1-2H3/t9-/m1/s1. The lowest BCUT2D eigenvalue weighted by molar-refractivity contribution is 0.348. The highest BCUT2D eigenvalue weighted by atomic mass is 16.5. The number of hydrogen-bond acceptors (Lipinski definition) is 5. The Morgan fingerprint density at radius 3 is 3.00 bits per heavy atom. The molecule has 5 heteroatoms. The van der Waals surface area contributed by atoms with Crippen molar-refractivity contribution in [2.24, 2.45) is 5.73 Å². The highest BCUT2D eigenvalue weighted by Crippen LogP contribution is 2.18. The van der Waals surface area contributed by atoms with Crippen LogP contribution in [0.1, 0.15) is 37.3 Å². The number of hydrogen-bond donors (Lipinski definition) is 1. The zero-order chi connectivity index (χ0) is 12.3. The first-order valence-corrected chi connectivity index (χ1v) is 5.73. The molecule has 5 nitrogen and oxygen atoms in total. The van der Waals surface area contributed by atoms with Crippen molar-refractivity contribution in [3.05, 3.63) is 29.8 Å². The van der Waals surface area contributed by atoms with E-state index in [4.69, 9.17) is 10.3 Å². The second kappa shape index (κ2) is 5.05. The summed E-state index contributed by atoms with van der Waals surface area (Å²) in [4.78, 5) is 8.48. The second-order valence-corrected chi connectivity index (χ2v) is 4.07. The molecule has 0 fully saturated rings. The fourth-order valence-electron chi connectivity index (χ4n) is 1.58. The summed E-state index contributed by atoms with van der Waals surface area (Å²) < 4.78 is 5.15. The monoisotopic (exact) mass is 232 g/mol. The zero-order valence-corrected chi connectivity index (χ0v) is 10.1. The molecule has 0 aliphatic rings. The highest BCUT2D eigenvalue weighted by molar-refractivity contribution is 5.48. The third-order valence-corrected chi connectivity index (χ3v) is 2.50. The molecule has 0 saturated heterocycles. The van der Waals surface area contributed by atoms with Crippen LogP contribution in [0, 0.1) is 6.92 Å². The molecule has 1 atom stereocenters. The maximum Gasteiger partial charge on any atom is 0.243 e. The first kappa shape index (κ1) is 11.7. The van der Waals surface area contributed by atoms with E-state index in [-0.39, 0.29) is 6.04 Å². The number of aromatic nitrogens is 3. The van der Waals surface area contributed by atoms with Gasteiger partial charge in [-0.25, -0.2) is 0 Å². The van der Waals surface area contributed by atoms with Gasteiger partial charge < -0.3 is 10.3 Å². The number of pyridine rings is 1.